The van der Waals surface area contributed by atoms with E-state index in [1.165, 1.54) is 5.39 Å². The molecule has 4 N–H and O–H groups in total. The molecule has 0 aliphatic heterocycles. The van der Waals surface area contributed by atoms with E-state index in [0.717, 1.165) is 16.9 Å². The van der Waals surface area contributed by atoms with Crippen LogP contribution in [0.2, 0.25) is 0 Å². The molecule has 0 unspecified atom stereocenters. The van der Waals surface area contributed by atoms with Crippen LogP contribution >= 0.6 is 0 Å². The third-order valence-corrected chi connectivity index (χ3v) is 2.70. The monoisotopic (exact) mass is 203 g/mol. The molecular weight excluding hydrogens is 186 g/mol. The fourth-order valence-corrected chi connectivity index (χ4v) is 2.11. The summed E-state index contributed by atoms with van der Waals surface area (Å²) in [5.41, 5.74) is 14.8. The third kappa shape index (κ3) is 1.49. The topological polar surface area (TPSA) is 57.0 Å². The lowest BCUT2D eigenvalue weighted by molar-refractivity contribution is 0.596. The molecule has 3 nitrogen and oxygen atoms in total. The molecule has 1 aromatic heterocycles. The second-order valence-corrected chi connectivity index (χ2v) is 4.09. The number of fused-ring (bicyclic) bond motifs is 1. The van der Waals surface area contributed by atoms with E-state index in [0.29, 0.717) is 12.6 Å². The van der Waals surface area contributed by atoms with Crippen LogP contribution in [-0.2, 0) is 6.54 Å². The second-order valence-electron chi connectivity index (χ2n) is 4.09. The summed E-state index contributed by atoms with van der Waals surface area (Å²) in [6.45, 7) is 4.84. The van der Waals surface area contributed by atoms with Crippen LogP contribution in [0.5, 0.6) is 0 Å². The highest BCUT2D eigenvalue weighted by molar-refractivity contribution is 5.91. The van der Waals surface area contributed by atoms with Gasteiger partial charge in [-0.1, -0.05) is 12.1 Å². The Morgan fingerprint density at radius 1 is 1.33 bits per heavy atom. The van der Waals surface area contributed by atoms with Crippen molar-refractivity contribution in [2.45, 2.75) is 26.4 Å². The van der Waals surface area contributed by atoms with Crippen LogP contribution in [-0.4, -0.2) is 4.57 Å². The van der Waals surface area contributed by atoms with Gasteiger partial charge in [0.15, 0.2) is 0 Å². The Balaban J connectivity index is 2.82. The highest BCUT2D eigenvalue weighted by Crippen LogP contribution is 2.28. The van der Waals surface area contributed by atoms with Gasteiger partial charge in [-0.3, -0.25) is 0 Å². The number of hydrogen-bond acceptors (Lipinski definition) is 2. The maximum absolute atomic E-state index is 6.00. The summed E-state index contributed by atoms with van der Waals surface area (Å²) in [5.74, 6) is 0. The van der Waals surface area contributed by atoms with Crippen molar-refractivity contribution in [2.75, 3.05) is 5.73 Å². The maximum atomic E-state index is 6.00. The molecule has 1 aromatic carbocycles. The minimum Gasteiger partial charge on any atom is -0.397 e. The van der Waals surface area contributed by atoms with Gasteiger partial charge in [-0.15, -0.1) is 0 Å². The van der Waals surface area contributed by atoms with Crippen LogP contribution < -0.4 is 11.5 Å². The van der Waals surface area contributed by atoms with Gasteiger partial charge < -0.3 is 16.0 Å². The molecule has 2 rings (SSSR count). The molecular formula is C12H17N3. The number of benzene rings is 1. The molecule has 0 spiro atoms. The smallest absolute Gasteiger partial charge is 0.0718 e. The van der Waals surface area contributed by atoms with E-state index < -0.39 is 0 Å². The Hall–Kier alpha value is -1.48. The fourth-order valence-electron chi connectivity index (χ4n) is 2.11. The van der Waals surface area contributed by atoms with Gasteiger partial charge in [0.1, 0.15) is 0 Å². The van der Waals surface area contributed by atoms with Crippen molar-refractivity contribution in [1.29, 1.82) is 0 Å². The zero-order valence-electron chi connectivity index (χ0n) is 9.20. The van der Waals surface area contributed by atoms with Crippen LogP contribution in [0.4, 0.5) is 5.69 Å². The zero-order valence-corrected chi connectivity index (χ0v) is 9.20. The number of nitrogens with two attached hydrogens (primary N) is 2. The summed E-state index contributed by atoms with van der Waals surface area (Å²) >= 11 is 0. The quantitative estimate of drug-likeness (QED) is 0.735. The number of para-hydroxylation sites is 1. The molecule has 0 atom stereocenters. The number of aromatic nitrogens is 1. The molecule has 3 heteroatoms. The van der Waals surface area contributed by atoms with Crippen molar-refractivity contribution < 1.29 is 0 Å². The summed E-state index contributed by atoms with van der Waals surface area (Å²) in [4.78, 5) is 0. The van der Waals surface area contributed by atoms with E-state index in [4.69, 9.17) is 11.5 Å². The average Bonchev–Trinajstić information content (AvgIpc) is 2.57. The number of nitrogen functional groups attached to an aromatic ring is 1. The molecule has 0 bridgehead atoms. The molecule has 2 aromatic rings. The molecule has 1 heterocycles. The number of rotatable bonds is 2. The van der Waals surface area contributed by atoms with E-state index in [1.807, 2.05) is 12.1 Å². The van der Waals surface area contributed by atoms with Crippen LogP contribution in [0.25, 0.3) is 10.9 Å². The van der Waals surface area contributed by atoms with Gasteiger partial charge in [-0.05, 0) is 26.0 Å². The van der Waals surface area contributed by atoms with Crippen LogP contribution in [0, 0.1) is 0 Å². The minimum atomic E-state index is 0.380. The Morgan fingerprint density at radius 2 is 2.07 bits per heavy atom. The number of nitrogens with zero attached hydrogens (tertiary/aromatic N) is 1. The van der Waals surface area contributed by atoms with Gasteiger partial charge in [0.2, 0.25) is 0 Å². The predicted molar refractivity (Wildman–Crippen MR) is 64.6 cm³/mol. The minimum absolute atomic E-state index is 0.380. The Morgan fingerprint density at radius 3 is 2.67 bits per heavy atom. The van der Waals surface area contributed by atoms with Crippen molar-refractivity contribution in [3.63, 3.8) is 0 Å². The first-order chi connectivity index (χ1) is 7.15. The third-order valence-electron chi connectivity index (χ3n) is 2.70. The first kappa shape index (κ1) is 10.1. The zero-order chi connectivity index (χ0) is 11.0. The van der Waals surface area contributed by atoms with E-state index >= 15 is 0 Å². The van der Waals surface area contributed by atoms with E-state index in [9.17, 15) is 0 Å². The standard InChI is InChI=1S/C12H17N3/c1-8(2)15-10(7-13)6-9-4-3-5-11(14)12(9)15/h3-6,8H,7,13-14H2,1-2H3. The Kier molecular flexibility index (Phi) is 2.40. The molecule has 0 amide bonds. The summed E-state index contributed by atoms with van der Waals surface area (Å²) in [5, 5.41) is 1.17. The van der Waals surface area contributed by atoms with Gasteiger partial charge >= 0.3 is 0 Å². The lowest BCUT2D eigenvalue weighted by Crippen LogP contribution is -2.09. The molecule has 0 saturated carbocycles. The average molecular weight is 203 g/mol. The molecule has 0 saturated heterocycles. The maximum Gasteiger partial charge on any atom is 0.0718 e. The largest absolute Gasteiger partial charge is 0.397 e. The Bertz CT molecular complexity index is 483. The van der Waals surface area contributed by atoms with Crippen LogP contribution in [0.3, 0.4) is 0 Å². The molecule has 0 aliphatic rings. The van der Waals surface area contributed by atoms with Crippen molar-refractivity contribution in [3.8, 4) is 0 Å². The number of anilines is 1. The first-order valence-corrected chi connectivity index (χ1v) is 5.23. The molecule has 0 fully saturated rings. The lowest BCUT2D eigenvalue weighted by Gasteiger charge is -2.14. The lowest BCUT2D eigenvalue weighted by atomic mass is 10.2. The van der Waals surface area contributed by atoms with Crippen molar-refractivity contribution >= 4 is 16.6 Å². The van der Waals surface area contributed by atoms with Crippen molar-refractivity contribution in [3.05, 3.63) is 30.0 Å². The van der Waals surface area contributed by atoms with Gasteiger partial charge in [-0.25, -0.2) is 0 Å². The van der Waals surface area contributed by atoms with Crippen molar-refractivity contribution in [2.24, 2.45) is 5.73 Å². The van der Waals surface area contributed by atoms with E-state index in [-0.39, 0.29) is 0 Å². The first-order valence-electron chi connectivity index (χ1n) is 5.23. The summed E-state index contributed by atoms with van der Waals surface area (Å²) in [6.07, 6.45) is 0. The molecule has 80 valence electrons. The second kappa shape index (κ2) is 3.59. The molecule has 15 heavy (non-hydrogen) atoms. The van der Waals surface area contributed by atoms with E-state index in [1.54, 1.807) is 0 Å². The van der Waals surface area contributed by atoms with Gasteiger partial charge in [0, 0.05) is 23.7 Å². The SMILES string of the molecule is CC(C)n1c(CN)cc2cccc(N)c21. The highest BCUT2D eigenvalue weighted by Gasteiger charge is 2.11. The number of hydrogen-bond donors (Lipinski definition) is 2. The van der Waals surface area contributed by atoms with Crippen LogP contribution in [0.15, 0.2) is 24.3 Å². The summed E-state index contributed by atoms with van der Waals surface area (Å²) in [6, 6.07) is 8.48. The van der Waals surface area contributed by atoms with Gasteiger partial charge in [-0.2, -0.15) is 0 Å². The summed E-state index contributed by atoms with van der Waals surface area (Å²) in [7, 11) is 0. The van der Waals surface area contributed by atoms with E-state index in [2.05, 4.69) is 30.5 Å². The normalized spacial score (nSPS) is 11.5. The summed E-state index contributed by atoms with van der Waals surface area (Å²) < 4.78 is 2.21. The Labute approximate surface area is 89.7 Å². The fraction of sp³-hybridized carbons (Fsp3) is 0.333. The molecule has 0 radical (unpaired) electrons. The van der Waals surface area contributed by atoms with Crippen molar-refractivity contribution in [1.82, 2.24) is 4.57 Å². The predicted octanol–water partition coefficient (Wildman–Crippen LogP) is 2.26. The van der Waals surface area contributed by atoms with Gasteiger partial charge in [0.25, 0.3) is 0 Å². The van der Waals surface area contributed by atoms with Crippen LogP contribution in [0.1, 0.15) is 25.6 Å². The van der Waals surface area contributed by atoms with Gasteiger partial charge in [0.05, 0.1) is 11.2 Å². The molecule has 0 aliphatic carbocycles. The highest BCUT2D eigenvalue weighted by atomic mass is 15.0.